The molecule has 1 aromatic rings. The number of hydrogen-bond acceptors (Lipinski definition) is 8. The van der Waals surface area contributed by atoms with Crippen molar-refractivity contribution in [1.82, 2.24) is 15.1 Å². The van der Waals surface area contributed by atoms with E-state index in [1.54, 1.807) is 11.0 Å². The Morgan fingerprint density at radius 2 is 2.33 bits per heavy atom. The molecule has 0 unspecified atom stereocenters. The third-order valence-corrected chi connectivity index (χ3v) is 7.51. The Morgan fingerprint density at radius 1 is 1.58 bits per heavy atom. The van der Waals surface area contributed by atoms with E-state index in [4.69, 9.17) is 0 Å². The molecule has 2 atom stereocenters. The predicted octanol–water partition coefficient (Wildman–Crippen LogP) is 1.65. The van der Waals surface area contributed by atoms with Crippen LogP contribution in [-0.4, -0.2) is 65.3 Å². The van der Waals surface area contributed by atoms with E-state index in [9.17, 15) is 13.2 Å². The van der Waals surface area contributed by atoms with Gasteiger partial charge in [-0.15, -0.1) is 16.8 Å². The summed E-state index contributed by atoms with van der Waals surface area (Å²) in [5.74, 6) is 0.177. The summed E-state index contributed by atoms with van der Waals surface area (Å²) in [5.41, 5.74) is 0. The quantitative estimate of drug-likeness (QED) is 0.533. The molecule has 24 heavy (non-hydrogen) atoms. The Balaban J connectivity index is 1.97. The van der Waals surface area contributed by atoms with Gasteiger partial charge < -0.3 is 10.2 Å². The van der Waals surface area contributed by atoms with E-state index in [0.29, 0.717) is 29.0 Å². The van der Waals surface area contributed by atoms with Gasteiger partial charge in [0.05, 0.1) is 16.8 Å². The van der Waals surface area contributed by atoms with Crippen molar-refractivity contribution in [3.63, 3.8) is 0 Å². The molecule has 1 N–H and O–H groups in total. The zero-order chi connectivity index (χ0) is 17.7. The lowest BCUT2D eigenvalue weighted by atomic mass is 10.2. The van der Waals surface area contributed by atoms with Crippen molar-refractivity contribution >= 4 is 44.0 Å². The van der Waals surface area contributed by atoms with Crippen LogP contribution in [0.2, 0.25) is 0 Å². The van der Waals surface area contributed by atoms with E-state index < -0.39 is 9.84 Å². The summed E-state index contributed by atoms with van der Waals surface area (Å²) in [4.78, 5) is 14.4. The van der Waals surface area contributed by atoms with E-state index in [2.05, 4.69) is 22.1 Å². The van der Waals surface area contributed by atoms with Crippen LogP contribution in [0.25, 0.3) is 0 Å². The second kappa shape index (κ2) is 8.30. The summed E-state index contributed by atoms with van der Waals surface area (Å²) in [7, 11) is -3.01. The molecule has 7 nitrogen and oxygen atoms in total. The van der Waals surface area contributed by atoms with Gasteiger partial charge in [0.25, 0.3) is 0 Å². The van der Waals surface area contributed by atoms with Crippen molar-refractivity contribution < 1.29 is 13.2 Å². The van der Waals surface area contributed by atoms with Gasteiger partial charge in [-0.05, 0) is 20.3 Å². The second-order valence-corrected chi connectivity index (χ2v) is 10.3. The fourth-order valence-corrected chi connectivity index (χ4v) is 6.24. The number of rotatable bonds is 8. The van der Waals surface area contributed by atoms with Gasteiger partial charge in [0.15, 0.2) is 14.2 Å². The first-order valence-electron chi connectivity index (χ1n) is 7.72. The molecule has 1 fully saturated rings. The van der Waals surface area contributed by atoms with Gasteiger partial charge in [-0.1, -0.05) is 29.2 Å². The zero-order valence-corrected chi connectivity index (χ0v) is 16.2. The summed E-state index contributed by atoms with van der Waals surface area (Å²) >= 11 is 2.73. The molecule has 0 aromatic carbocycles. The highest BCUT2D eigenvalue weighted by Gasteiger charge is 2.35. The maximum Gasteiger partial charge on any atom is 0.236 e. The average Bonchev–Trinajstić information content (AvgIpc) is 3.12. The van der Waals surface area contributed by atoms with Crippen LogP contribution in [0, 0.1) is 0 Å². The van der Waals surface area contributed by atoms with Gasteiger partial charge in [-0.3, -0.25) is 4.79 Å². The summed E-state index contributed by atoms with van der Waals surface area (Å²) in [6, 6.07) is -0.213. The fraction of sp³-hybridized carbons (Fsp3) is 0.643. The first kappa shape index (κ1) is 19.2. The second-order valence-electron chi connectivity index (χ2n) is 5.48. The zero-order valence-electron chi connectivity index (χ0n) is 13.8. The van der Waals surface area contributed by atoms with Crippen LogP contribution in [0.3, 0.4) is 0 Å². The topological polar surface area (TPSA) is 92.3 Å². The number of sulfone groups is 1. The van der Waals surface area contributed by atoms with Crippen LogP contribution in [-0.2, 0) is 14.6 Å². The molecule has 0 radical (unpaired) electrons. The lowest BCUT2D eigenvalue weighted by Crippen LogP contribution is -2.44. The predicted molar refractivity (Wildman–Crippen MR) is 98.4 cm³/mol. The number of thioether (sulfide) groups is 1. The van der Waals surface area contributed by atoms with Gasteiger partial charge in [0.1, 0.15) is 0 Å². The van der Waals surface area contributed by atoms with Crippen LogP contribution < -0.4 is 5.32 Å². The highest BCUT2D eigenvalue weighted by Crippen LogP contribution is 2.30. The van der Waals surface area contributed by atoms with E-state index in [1.165, 1.54) is 23.1 Å². The van der Waals surface area contributed by atoms with E-state index in [1.807, 2.05) is 13.8 Å². The fourth-order valence-electron chi connectivity index (χ4n) is 2.54. The molecule has 1 saturated heterocycles. The van der Waals surface area contributed by atoms with Crippen LogP contribution in [0.1, 0.15) is 20.3 Å². The minimum atomic E-state index is -3.01. The molecule has 10 heteroatoms. The summed E-state index contributed by atoms with van der Waals surface area (Å²) in [6.07, 6.45) is 2.25. The average molecular weight is 391 g/mol. The van der Waals surface area contributed by atoms with Gasteiger partial charge in [0, 0.05) is 19.1 Å². The van der Waals surface area contributed by atoms with Gasteiger partial charge in [-0.25, -0.2) is 8.42 Å². The molecule has 0 bridgehead atoms. The van der Waals surface area contributed by atoms with Crippen molar-refractivity contribution in [3.8, 4) is 0 Å². The number of nitrogens with zero attached hydrogens (tertiary/aromatic N) is 3. The Hall–Kier alpha value is -1.13. The Labute approximate surface area is 150 Å². The largest absolute Gasteiger partial charge is 0.357 e. The molecule has 1 aliphatic rings. The Kier molecular flexibility index (Phi) is 6.64. The first-order chi connectivity index (χ1) is 11.4. The van der Waals surface area contributed by atoms with Crippen molar-refractivity contribution in [2.45, 2.75) is 35.9 Å². The SMILES string of the molecule is C=CCNc1nnc(S[C@H](C)C(=O)N(CC)[C@@H]2CCS(=O)(=O)C2)s1. The van der Waals surface area contributed by atoms with E-state index in [0.717, 1.165) is 0 Å². The third kappa shape index (κ3) is 4.93. The molecule has 1 amide bonds. The van der Waals surface area contributed by atoms with Crippen LogP contribution in [0.5, 0.6) is 0 Å². The molecule has 2 rings (SSSR count). The van der Waals surface area contributed by atoms with Gasteiger partial charge in [-0.2, -0.15) is 0 Å². The van der Waals surface area contributed by atoms with Crippen LogP contribution in [0.15, 0.2) is 17.0 Å². The summed E-state index contributed by atoms with van der Waals surface area (Å²) < 4.78 is 24.0. The number of nitrogens with one attached hydrogen (secondary N) is 1. The number of hydrogen-bond donors (Lipinski definition) is 1. The maximum absolute atomic E-state index is 12.7. The Morgan fingerprint density at radius 3 is 2.92 bits per heavy atom. The number of aromatic nitrogens is 2. The monoisotopic (exact) mass is 390 g/mol. The number of carbonyl (C=O) groups is 1. The van der Waals surface area contributed by atoms with Crippen LogP contribution >= 0.6 is 23.1 Å². The highest BCUT2D eigenvalue weighted by molar-refractivity contribution is 8.02. The Bertz CT molecular complexity index is 689. The van der Waals surface area contributed by atoms with Crippen molar-refractivity contribution in [2.75, 3.05) is 29.9 Å². The van der Waals surface area contributed by atoms with Gasteiger partial charge in [0.2, 0.25) is 11.0 Å². The molecule has 1 aliphatic heterocycles. The lowest BCUT2D eigenvalue weighted by molar-refractivity contribution is -0.131. The van der Waals surface area contributed by atoms with Gasteiger partial charge >= 0.3 is 0 Å². The normalized spacial score (nSPS) is 20.5. The third-order valence-electron chi connectivity index (χ3n) is 3.70. The first-order valence-corrected chi connectivity index (χ1v) is 11.2. The molecular formula is C14H22N4O3S3. The van der Waals surface area contributed by atoms with Crippen molar-refractivity contribution in [2.24, 2.45) is 0 Å². The minimum Gasteiger partial charge on any atom is -0.357 e. The molecule has 0 saturated carbocycles. The maximum atomic E-state index is 12.7. The number of anilines is 1. The molecule has 0 aliphatic carbocycles. The molecule has 0 spiro atoms. The molecule has 134 valence electrons. The van der Waals surface area contributed by atoms with E-state index >= 15 is 0 Å². The van der Waals surface area contributed by atoms with E-state index in [-0.39, 0.29) is 28.7 Å². The summed E-state index contributed by atoms with van der Waals surface area (Å²) in [6.45, 7) is 8.43. The molecular weight excluding hydrogens is 368 g/mol. The molecule has 2 heterocycles. The highest BCUT2D eigenvalue weighted by atomic mass is 32.2. The number of carbonyl (C=O) groups excluding carboxylic acids is 1. The van der Waals surface area contributed by atoms with Crippen molar-refractivity contribution in [1.29, 1.82) is 0 Å². The number of amides is 1. The minimum absolute atomic E-state index is 0.0552. The lowest BCUT2D eigenvalue weighted by Gasteiger charge is -2.29. The molecule has 1 aromatic heterocycles. The smallest absolute Gasteiger partial charge is 0.236 e. The van der Waals surface area contributed by atoms with Crippen LogP contribution in [0.4, 0.5) is 5.13 Å². The standard InChI is InChI=1S/C14H22N4O3S3/c1-4-7-15-13-16-17-14(23-13)22-10(3)12(19)18(5-2)11-6-8-24(20,21)9-11/h4,10-11H,1,5-9H2,2-3H3,(H,15,16)/t10-,11-/m1/s1. The van der Waals surface area contributed by atoms with Crippen molar-refractivity contribution in [3.05, 3.63) is 12.7 Å². The summed E-state index contributed by atoms with van der Waals surface area (Å²) in [5, 5.41) is 11.5.